The number of carbonyl (C=O) groups is 2. The average molecular weight is 437 g/mol. The number of esters is 2. The van der Waals surface area contributed by atoms with Crippen molar-refractivity contribution in [3.05, 3.63) is 51.6 Å². The first-order valence-corrected chi connectivity index (χ1v) is 18.1. The third-order valence-corrected chi connectivity index (χ3v) is 8.97. The van der Waals surface area contributed by atoms with Crippen molar-refractivity contribution in [1.29, 1.82) is 0 Å². The molecule has 0 N–H and O–H groups in total. The molecule has 5 heteroatoms. The summed E-state index contributed by atoms with van der Waals surface area (Å²) in [5, 5.41) is 0. The predicted octanol–water partition coefficient (Wildman–Crippen LogP) is 4.00. The van der Waals surface area contributed by atoms with Crippen molar-refractivity contribution in [1.82, 2.24) is 0 Å². The SMILES string of the molecule is CCOC(=O)/[C](=C/C=C(/C(=O)OCC)c1ccccc1)[Sn]([CH3])([CH3])[CH3]. The van der Waals surface area contributed by atoms with Crippen LogP contribution in [0.25, 0.3) is 5.57 Å². The molecule has 1 rings (SSSR count). The zero-order valence-corrected chi connectivity index (χ0v) is 17.9. The second-order valence-electron chi connectivity index (χ2n) is 6.22. The molecule has 0 atom stereocenters. The summed E-state index contributed by atoms with van der Waals surface area (Å²) in [7, 11) is 0. The molecule has 0 radical (unpaired) electrons. The van der Waals surface area contributed by atoms with Gasteiger partial charge in [-0.3, -0.25) is 0 Å². The topological polar surface area (TPSA) is 52.6 Å². The molecule has 0 spiro atoms. The number of rotatable bonds is 7. The summed E-state index contributed by atoms with van der Waals surface area (Å²) >= 11 is -2.69. The monoisotopic (exact) mass is 438 g/mol. The van der Waals surface area contributed by atoms with Crippen molar-refractivity contribution in [3.63, 3.8) is 0 Å². The Balaban J connectivity index is 3.33. The quantitative estimate of drug-likeness (QED) is 0.280. The number of ether oxygens (including phenoxy) is 2. The van der Waals surface area contributed by atoms with Crippen molar-refractivity contribution in [2.75, 3.05) is 13.2 Å². The minimum atomic E-state index is -2.69. The molecule has 0 saturated carbocycles. The van der Waals surface area contributed by atoms with E-state index in [0.717, 1.165) is 5.56 Å². The fraction of sp³-hybridized carbons (Fsp3) is 0.368. The fourth-order valence-corrected chi connectivity index (χ4v) is 5.73. The van der Waals surface area contributed by atoms with Gasteiger partial charge in [0, 0.05) is 0 Å². The molecule has 0 aliphatic carbocycles. The van der Waals surface area contributed by atoms with Gasteiger partial charge in [-0.15, -0.1) is 0 Å². The van der Waals surface area contributed by atoms with Crippen molar-refractivity contribution >= 4 is 35.9 Å². The molecule has 0 aliphatic rings. The summed E-state index contributed by atoms with van der Waals surface area (Å²) in [6.07, 6.45) is 3.43. The van der Waals surface area contributed by atoms with Crippen LogP contribution in [0.5, 0.6) is 0 Å². The van der Waals surface area contributed by atoms with Crippen LogP contribution in [0.4, 0.5) is 0 Å². The van der Waals surface area contributed by atoms with Gasteiger partial charge in [-0.25, -0.2) is 0 Å². The first-order chi connectivity index (χ1) is 11.3. The normalized spacial score (nSPS) is 12.7. The Morgan fingerprint density at radius 3 is 1.96 bits per heavy atom. The first-order valence-electron chi connectivity index (χ1n) is 8.13. The van der Waals surface area contributed by atoms with Crippen LogP contribution in [0.1, 0.15) is 19.4 Å². The van der Waals surface area contributed by atoms with Gasteiger partial charge in [-0.05, 0) is 0 Å². The van der Waals surface area contributed by atoms with Crippen LogP contribution in [0.15, 0.2) is 46.1 Å². The molecule has 0 bridgehead atoms. The van der Waals surface area contributed by atoms with Crippen molar-refractivity contribution in [3.8, 4) is 0 Å². The molecule has 0 amide bonds. The number of carbonyl (C=O) groups excluding carboxylic acids is 2. The van der Waals surface area contributed by atoms with Gasteiger partial charge >= 0.3 is 148 Å². The average Bonchev–Trinajstić information content (AvgIpc) is 2.51. The van der Waals surface area contributed by atoms with Gasteiger partial charge in [0.2, 0.25) is 0 Å². The zero-order chi connectivity index (χ0) is 18.2. The Hall–Kier alpha value is -1.56. The summed E-state index contributed by atoms with van der Waals surface area (Å²) in [5.74, 6) is -0.680. The van der Waals surface area contributed by atoms with Crippen LogP contribution in [0.2, 0.25) is 14.8 Å². The second-order valence-corrected chi connectivity index (χ2v) is 20.6. The van der Waals surface area contributed by atoms with Gasteiger partial charge in [0.15, 0.2) is 0 Å². The van der Waals surface area contributed by atoms with Crippen LogP contribution in [-0.4, -0.2) is 43.5 Å². The summed E-state index contributed by atoms with van der Waals surface area (Å²) in [6, 6.07) is 9.31. The van der Waals surface area contributed by atoms with Gasteiger partial charge in [0.05, 0.1) is 0 Å². The van der Waals surface area contributed by atoms with Gasteiger partial charge in [-0.1, -0.05) is 0 Å². The Morgan fingerprint density at radius 1 is 0.917 bits per heavy atom. The van der Waals surface area contributed by atoms with E-state index >= 15 is 0 Å². The molecular formula is C19H26O4Sn. The maximum atomic E-state index is 12.3. The Bertz CT molecular complexity index is 625. The molecule has 130 valence electrons. The van der Waals surface area contributed by atoms with Crippen molar-refractivity contribution < 1.29 is 19.1 Å². The standard InChI is InChI=1S/C16H17O4.3CH3.Sn/c1-3-19-15(17)12-8-11-14(16(18)20-4-2)13-9-6-5-7-10-13;;;;/h5-11H,3-4H2,1-2H3;3*1H3;/b12-8?,14-11+;;;;. The van der Waals surface area contributed by atoms with Crippen LogP contribution < -0.4 is 0 Å². The van der Waals surface area contributed by atoms with Crippen LogP contribution in [0, 0.1) is 0 Å². The molecule has 0 heterocycles. The number of benzene rings is 1. The molecule has 1 aromatic rings. The molecule has 0 aromatic heterocycles. The molecular weight excluding hydrogens is 411 g/mol. The van der Waals surface area contributed by atoms with Crippen LogP contribution in [0.3, 0.4) is 0 Å². The van der Waals surface area contributed by atoms with E-state index in [1.54, 1.807) is 26.0 Å². The van der Waals surface area contributed by atoms with E-state index in [4.69, 9.17) is 9.47 Å². The van der Waals surface area contributed by atoms with E-state index in [9.17, 15) is 9.59 Å². The van der Waals surface area contributed by atoms with Crippen LogP contribution >= 0.6 is 0 Å². The summed E-state index contributed by atoms with van der Waals surface area (Å²) in [6.45, 7) is 4.20. The summed E-state index contributed by atoms with van der Waals surface area (Å²) < 4.78 is 11.0. The van der Waals surface area contributed by atoms with E-state index < -0.39 is 24.3 Å². The third kappa shape index (κ3) is 6.15. The number of hydrogen-bond donors (Lipinski definition) is 0. The molecule has 0 saturated heterocycles. The van der Waals surface area contributed by atoms with Gasteiger partial charge < -0.3 is 0 Å². The van der Waals surface area contributed by atoms with E-state index in [0.29, 0.717) is 22.4 Å². The van der Waals surface area contributed by atoms with Crippen molar-refractivity contribution in [2.24, 2.45) is 0 Å². The second kappa shape index (κ2) is 9.67. The van der Waals surface area contributed by atoms with E-state index in [2.05, 4.69) is 14.8 Å². The summed E-state index contributed by atoms with van der Waals surface area (Å²) in [5.41, 5.74) is 1.20. The van der Waals surface area contributed by atoms with E-state index in [-0.39, 0.29) is 5.97 Å². The van der Waals surface area contributed by atoms with Crippen LogP contribution in [-0.2, 0) is 19.1 Å². The van der Waals surface area contributed by atoms with E-state index in [1.807, 2.05) is 30.3 Å². The van der Waals surface area contributed by atoms with Crippen molar-refractivity contribution in [2.45, 2.75) is 28.7 Å². The van der Waals surface area contributed by atoms with Gasteiger partial charge in [0.25, 0.3) is 0 Å². The van der Waals surface area contributed by atoms with E-state index in [1.165, 1.54) is 0 Å². The Kier molecular flexibility index (Phi) is 8.25. The Morgan fingerprint density at radius 2 is 1.46 bits per heavy atom. The number of allylic oxidation sites excluding steroid dienone is 2. The molecule has 24 heavy (non-hydrogen) atoms. The van der Waals surface area contributed by atoms with Gasteiger partial charge in [0.1, 0.15) is 0 Å². The summed E-state index contributed by atoms with van der Waals surface area (Å²) in [4.78, 5) is 30.9. The third-order valence-electron chi connectivity index (χ3n) is 3.30. The molecule has 0 fully saturated rings. The van der Waals surface area contributed by atoms with Gasteiger partial charge in [-0.2, -0.15) is 0 Å². The Labute approximate surface area is 148 Å². The zero-order valence-electron chi connectivity index (χ0n) is 15.1. The predicted molar refractivity (Wildman–Crippen MR) is 99.1 cm³/mol. The fourth-order valence-electron chi connectivity index (χ4n) is 2.11. The molecule has 0 aliphatic heterocycles. The molecule has 1 aromatic carbocycles. The molecule has 4 nitrogen and oxygen atoms in total. The molecule has 0 unspecified atom stereocenters. The maximum absolute atomic E-state index is 12.3. The number of hydrogen-bond acceptors (Lipinski definition) is 4. The first kappa shape index (κ1) is 20.5. The minimum absolute atomic E-state index is 0.284.